The normalized spacial score (nSPS) is 11.7. The molecule has 0 saturated carbocycles. The van der Waals surface area contributed by atoms with Crippen molar-refractivity contribution in [3.63, 3.8) is 0 Å². The van der Waals surface area contributed by atoms with E-state index in [4.69, 9.17) is 0 Å². The number of phenols is 2. The van der Waals surface area contributed by atoms with Crippen molar-refractivity contribution < 1.29 is 24.9 Å². The number of aliphatic hydroxyl groups is 1. The molecule has 0 radical (unpaired) electrons. The van der Waals surface area contributed by atoms with Gasteiger partial charge in [-0.3, -0.25) is 9.59 Å². The molecule has 0 fully saturated rings. The quantitative estimate of drug-likeness (QED) is 0.429. The molecule has 0 heterocycles. The molecule has 0 bridgehead atoms. The summed E-state index contributed by atoms with van der Waals surface area (Å²) < 4.78 is 0. The minimum atomic E-state index is -0.337. The summed E-state index contributed by atoms with van der Waals surface area (Å²) in [6.45, 7) is 1.87. The highest BCUT2D eigenvalue weighted by atomic mass is 16.3. The molecule has 0 saturated heterocycles. The molecule has 22 heavy (non-hydrogen) atoms. The highest BCUT2D eigenvalue weighted by Crippen LogP contribution is 2.25. The van der Waals surface area contributed by atoms with Crippen LogP contribution in [0.2, 0.25) is 0 Å². The summed E-state index contributed by atoms with van der Waals surface area (Å²) in [5.41, 5.74) is 0.558. The molecule has 0 aliphatic carbocycles. The zero-order chi connectivity index (χ0) is 16.5. The van der Waals surface area contributed by atoms with Gasteiger partial charge in [0.2, 0.25) is 11.8 Å². The average Bonchev–Trinajstić information content (AvgIpc) is 2.45. The maximum Gasteiger partial charge on any atom is 0.220 e. The third-order valence-corrected chi connectivity index (χ3v) is 3.13. The third kappa shape index (κ3) is 6.45. The molecule has 2 amide bonds. The van der Waals surface area contributed by atoms with Crippen LogP contribution in [0.3, 0.4) is 0 Å². The fourth-order valence-electron chi connectivity index (χ4n) is 2.01. The van der Waals surface area contributed by atoms with Crippen LogP contribution in [0, 0.1) is 5.92 Å². The molecule has 1 aromatic carbocycles. The van der Waals surface area contributed by atoms with E-state index in [9.17, 15) is 24.9 Å². The van der Waals surface area contributed by atoms with Crippen molar-refractivity contribution in [1.82, 2.24) is 10.6 Å². The third-order valence-electron chi connectivity index (χ3n) is 3.13. The number of phenolic OH excluding ortho intramolecular Hbond substituents is 2. The van der Waals surface area contributed by atoms with Gasteiger partial charge in [0.05, 0.1) is 0 Å². The van der Waals surface area contributed by atoms with Gasteiger partial charge in [0.1, 0.15) is 11.5 Å². The first-order valence-electron chi connectivity index (χ1n) is 7.05. The summed E-state index contributed by atoms with van der Waals surface area (Å²) in [4.78, 5) is 22.4. The second-order valence-corrected chi connectivity index (χ2v) is 5.10. The van der Waals surface area contributed by atoms with Crippen LogP contribution in [0.15, 0.2) is 18.2 Å². The maximum atomic E-state index is 11.7. The molecule has 0 aliphatic heterocycles. The van der Waals surface area contributed by atoms with E-state index in [2.05, 4.69) is 10.6 Å². The summed E-state index contributed by atoms with van der Waals surface area (Å²) in [6.07, 6.45) is 0.429. The number of aromatic hydroxyl groups is 2. The average molecular weight is 310 g/mol. The van der Waals surface area contributed by atoms with Gasteiger partial charge in [-0.25, -0.2) is 0 Å². The summed E-state index contributed by atoms with van der Waals surface area (Å²) in [5.74, 6) is -0.841. The van der Waals surface area contributed by atoms with Crippen LogP contribution in [0.1, 0.15) is 18.9 Å². The van der Waals surface area contributed by atoms with E-state index in [0.29, 0.717) is 25.1 Å². The van der Waals surface area contributed by atoms with Crippen LogP contribution in [-0.4, -0.2) is 46.8 Å². The van der Waals surface area contributed by atoms with Crippen LogP contribution < -0.4 is 10.6 Å². The lowest BCUT2D eigenvalue weighted by atomic mass is 9.96. The molecule has 5 N–H and O–H groups in total. The lowest BCUT2D eigenvalue weighted by molar-refractivity contribution is -0.123. The van der Waals surface area contributed by atoms with E-state index >= 15 is 0 Å². The van der Waals surface area contributed by atoms with Gasteiger partial charge < -0.3 is 26.0 Å². The first-order valence-corrected chi connectivity index (χ1v) is 7.05. The topological polar surface area (TPSA) is 119 Å². The Kier molecular flexibility index (Phi) is 7.18. The number of benzene rings is 1. The first kappa shape index (κ1) is 17.8. The van der Waals surface area contributed by atoms with E-state index in [1.54, 1.807) is 6.07 Å². The van der Waals surface area contributed by atoms with E-state index in [-0.39, 0.29) is 42.3 Å². The summed E-state index contributed by atoms with van der Waals surface area (Å²) in [5, 5.41) is 33.5. The van der Waals surface area contributed by atoms with Gasteiger partial charge in [-0.15, -0.1) is 0 Å². The number of carbonyl (C=O) groups is 2. The zero-order valence-corrected chi connectivity index (χ0v) is 12.5. The second kappa shape index (κ2) is 8.89. The van der Waals surface area contributed by atoms with Crippen LogP contribution >= 0.6 is 0 Å². The minimum Gasteiger partial charge on any atom is -0.508 e. The van der Waals surface area contributed by atoms with E-state index in [0.717, 1.165) is 0 Å². The highest BCUT2D eigenvalue weighted by molar-refractivity contribution is 5.76. The highest BCUT2D eigenvalue weighted by Gasteiger charge is 2.15. The SMILES string of the molecule is CC(=O)NCCNC(=O)CC(CO)Cc1ccc(O)cc1O. The Morgan fingerprint density at radius 2 is 1.86 bits per heavy atom. The summed E-state index contributed by atoms with van der Waals surface area (Å²) in [6, 6.07) is 4.22. The van der Waals surface area contributed by atoms with Crippen LogP contribution in [0.25, 0.3) is 0 Å². The molecule has 1 atom stereocenters. The molecule has 122 valence electrons. The molecule has 1 rings (SSSR count). The van der Waals surface area contributed by atoms with Crippen molar-refractivity contribution in [3.05, 3.63) is 23.8 Å². The zero-order valence-electron chi connectivity index (χ0n) is 12.5. The van der Waals surface area contributed by atoms with Crippen molar-refractivity contribution in [2.24, 2.45) is 5.92 Å². The van der Waals surface area contributed by atoms with E-state index in [1.165, 1.54) is 19.1 Å². The van der Waals surface area contributed by atoms with Gasteiger partial charge >= 0.3 is 0 Å². The maximum absolute atomic E-state index is 11.7. The van der Waals surface area contributed by atoms with Gasteiger partial charge in [0, 0.05) is 39.1 Å². The van der Waals surface area contributed by atoms with Gasteiger partial charge in [-0.1, -0.05) is 6.07 Å². The summed E-state index contributed by atoms with van der Waals surface area (Å²) in [7, 11) is 0. The number of rotatable bonds is 8. The van der Waals surface area contributed by atoms with Gasteiger partial charge in [-0.2, -0.15) is 0 Å². The second-order valence-electron chi connectivity index (χ2n) is 5.10. The largest absolute Gasteiger partial charge is 0.508 e. The number of nitrogens with one attached hydrogen (secondary N) is 2. The van der Waals surface area contributed by atoms with Crippen LogP contribution in [0.5, 0.6) is 11.5 Å². The van der Waals surface area contributed by atoms with Crippen molar-refractivity contribution in [3.8, 4) is 11.5 Å². The van der Waals surface area contributed by atoms with Crippen LogP contribution in [-0.2, 0) is 16.0 Å². The number of amides is 2. The molecular formula is C15H22N2O5. The fourth-order valence-corrected chi connectivity index (χ4v) is 2.01. The summed E-state index contributed by atoms with van der Waals surface area (Å²) >= 11 is 0. The van der Waals surface area contributed by atoms with Gasteiger partial charge in [0.15, 0.2) is 0 Å². The predicted molar refractivity (Wildman–Crippen MR) is 80.4 cm³/mol. The van der Waals surface area contributed by atoms with Crippen molar-refractivity contribution in [2.45, 2.75) is 19.8 Å². The number of hydrogen-bond acceptors (Lipinski definition) is 5. The van der Waals surface area contributed by atoms with Gasteiger partial charge in [-0.05, 0) is 24.0 Å². The lowest BCUT2D eigenvalue weighted by Crippen LogP contribution is -2.34. The lowest BCUT2D eigenvalue weighted by Gasteiger charge is -2.15. The number of aliphatic hydroxyl groups excluding tert-OH is 1. The van der Waals surface area contributed by atoms with E-state index in [1.807, 2.05) is 0 Å². The monoisotopic (exact) mass is 310 g/mol. The Balaban J connectivity index is 2.44. The molecule has 0 aromatic heterocycles. The minimum absolute atomic E-state index is 0.0440. The Morgan fingerprint density at radius 1 is 1.18 bits per heavy atom. The molecule has 0 spiro atoms. The van der Waals surface area contributed by atoms with Crippen LogP contribution in [0.4, 0.5) is 0 Å². The molecule has 1 unspecified atom stereocenters. The molecule has 0 aliphatic rings. The van der Waals surface area contributed by atoms with Crippen molar-refractivity contribution in [1.29, 1.82) is 0 Å². The Morgan fingerprint density at radius 3 is 2.45 bits per heavy atom. The Labute approximate surface area is 129 Å². The first-order chi connectivity index (χ1) is 10.4. The fraction of sp³-hybridized carbons (Fsp3) is 0.467. The molecular weight excluding hydrogens is 288 g/mol. The molecule has 1 aromatic rings. The van der Waals surface area contributed by atoms with E-state index < -0.39 is 0 Å². The molecule has 7 heteroatoms. The predicted octanol–water partition coefficient (Wildman–Crippen LogP) is -0.109. The van der Waals surface area contributed by atoms with Gasteiger partial charge in [0.25, 0.3) is 0 Å². The van der Waals surface area contributed by atoms with Crippen molar-refractivity contribution in [2.75, 3.05) is 19.7 Å². The smallest absolute Gasteiger partial charge is 0.220 e. The Bertz CT molecular complexity index is 519. The molecule has 7 nitrogen and oxygen atoms in total. The number of hydrogen-bond donors (Lipinski definition) is 5. The number of carbonyl (C=O) groups excluding carboxylic acids is 2. The standard InChI is InChI=1S/C15H22N2O5/c1-10(19)16-4-5-17-15(22)7-11(9-18)6-12-2-3-13(20)8-14(12)21/h2-3,8,11,18,20-21H,4-7,9H2,1H3,(H,16,19)(H,17,22). The Hall–Kier alpha value is -2.28. The van der Waals surface area contributed by atoms with Crippen molar-refractivity contribution >= 4 is 11.8 Å².